The van der Waals surface area contributed by atoms with Crippen molar-refractivity contribution in [2.24, 2.45) is 5.92 Å². The second kappa shape index (κ2) is 36.6. The standard InChI is InChI=1S/C42H74O14P2/c1-4-5-6-7-8-9-10-11-12-16-19-22-25-29-38(43)30-27-32-42(46)56-40(36-55-58(50,51)54-34-39(44)33-53-57(47,48)49)35-52-41(45)31-26-23-20-17-14-13-15-18-21-24-28-37(2)3/h8-9,11-12,19,22,25,29,37,39-40,44H,4-7,10,13-18,20-21,23-24,26-28,30-36H2,1-3H3,(H,50,51)(H2,47,48,49)/b9-8-,12-11-,22-19-,29-25+/t39-,40+/m0/s1. The highest BCUT2D eigenvalue weighted by Gasteiger charge is 2.28. The van der Waals surface area contributed by atoms with Crippen molar-refractivity contribution in [3.8, 4) is 0 Å². The van der Waals surface area contributed by atoms with Gasteiger partial charge in [0, 0.05) is 19.3 Å². The van der Waals surface area contributed by atoms with Crippen molar-refractivity contribution in [2.75, 3.05) is 26.4 Å². The lowest BCUT2D eigenvalue weighted by atomic mass is 10.0. The molecule has 3 atom stereocenters. The molecule has 0 rings (SSSR count). The van der Waals surface area contributed by atoms with Crippen LogP contribution in [0.1, 0.15) is 156 Å². The van der Waals surface area contributed by atoms with Crippen molar-refractivity contribution < 1.29 is 66.3 Å². The summed E-state index contributed by atoms with van der Waals surface area (Å²) in [6.45, 7) is 3.73. The number of aliphatic hydroxyl groups excluding tert-OH is 1. The molecule has 0 bridgehead atoms. The van der Waals surface area contributed by atoms with Crippen LogP contribution in [0.25, 0.3) is 0 Å². The average molecular weight is 865 g/mol. The van der Waals surface area contributed by atoms with E-state index in [1.807, 2.05) is 6.08 Å². The van der Waals surface area contributed by atoms with Gasteiger partial charge in [-0.25, -0.2) is 9.13 Å². The molecule has 0 aliphatic carbocycles. The zero-order chi connectivity index (χ0) is 43.3. The summed E-state index contributed by atoms with van der Waals surface area (Å²) < 4.78 is 47.5. The number of esters is 2. The lowest BCUT2D eigenvalue weighted by Crippen LogP contribution is -2.30. The molecule has 58 heavy (non-hydrogen) atoms. The van der Waals surface area contributed by atoms with Gasteiger partial charge in [-0.05, 0) is 50.5 Å². The molecule has 0 amide bonds. The first-order chi connectivity index (χ1) is 27.6. The van der Waals surface area contributed by atoms with Crippen LogP contribution in [0.4, 0.5) is 0 Å². The summed E-state index contributed by atoms with van der Waals surface area (Å²) in [5.41, 5.74) is 0. The van der Waals surface area contributed by atoms with Crippen molar-refractivity contribution >= 4 is 33.4 Å². The molecule has 1 unspecified atom stereocenters. The molecule has 0 spiro atoms. The van der Waals surface area contributed by atoms with Gasteiger partial charge in [0.2, 0.25) is 0 Å². The molecule has 0 aliphatic heterocycles. The maximum atomic E-state index is 12.6. The first-order valence-electron chi connectivity index (χ1n) is 21.1. The maximum Gasteiger partial charge on any atom is 0.472 e. The van der Waals surface area contributed by atoms with Gasteiger partial charge in [0.15, 0.2) is 11.9 Å². The third kappa shape index (κ3) is 40.5. The summed E-state index contributed by atoms with van der Waals surface area (Å²) in [5.74, 6) is -0.712. The maximum absolute atomic E-state index is 12.6. The van der Waals surface area contributed by atoms with Crippen LogP contribution >= 0.6 is 15.6 Å². The predicted molar refractivity (Wildman–Crippen MR) is 226 cm³/mol. The molecule has 0 heterocycles. The van der Waals surface area contributed by atoms with Gasteiger partial charge in [0.05, 0.1) is 19.8 Å². The number of phosphoric acid groups is 2. The second-order valence-corrected chi connectivity index (χ2v) is 17.5. The van der Waals surface area contributed by atoms with E-state index in [9.17, 15) is 33.5 Å². The van der Waals surface area contributed by atoms with Crippen LogP contribution in [-0.4, -0.2) is 76.1 Å². The molecule has 0 aromatic heterocycles. The van der Waals surface area contributed by atoms with Crippen LogP contribution in [0.2, 0.25) is 0 Å². The number of unbranched alkanes of at least 4 members (excludes halogenated alkanes) is 12. The van der Waals surface area contributed by atoms with E-state index in [4.69, 9.17) is 23.8 Å². The zero-order valence-electron chi connectivity index (χ0n) is 35.3. The van der Waals surface area contributed by atoms with Gasteiger partial charge in [-0.2, -0.15) is 0 Å². The van der Waals surface area contributed by atoms with Crippen LogP contribution in [0.15, 0.2) is 48.6 Å². The van der Waals surface area contributed by atoms with Crippen molar-refractivity contribution in [1.82, 2.24) is 0 Å². The summed E-state index contributed by atoms with van der Waals surface area (Å²) in [4.78, 5) is 64.8. The second-order valence-electron chi connectivity index (χ2n) is 14.8. The van der Waals surface area contributed by atoms with E-state index in [2.05, 4.69) is 54.1 Å². The average Bonchev–Trinajstić information content (AvgIpc) is 3.16. The molecular weight excluding hydrogens is 790 g/mol. The molecule has 0 radical (unpaired) electrons. The Labute approximate surface area is 347 Å². The number of phosphoric ester groups is 2. The lowest BCUT2D eigenvalue weighted by Gasteiger charge is -2.20. The molecule has 0 aromatic carbocycles. The molecule has 14 nitrogen and oxygen atoms in total. The highest BCUT2D eigenvalue weighted by molar-refractivity contribution is 7.47. The summed E-state index contributed by atoms with van der Waals surface area (Å²) in [7, 11) is -9.76. The molecule has 0 saturated carbocycles. The van der Waals surface area contributed by atoms with E-state index < -0.39 is 66.2 Å². The minimum Gasteiger partial charge on any atom is -0.462 e. The van der Waals surface area contributed by atoms with Crippen molar-refractivity contribution in [3.05, 3.63) is 48.6 Å². The van der Waals surface area contributed by atoms with Crippen LogP contribution in [0.3, 0.4) is 0 Å². The lowest BCUT2D eigenvalue weighted by molar-refractivity contribution is -0.161. The molecule has 0 saturated heterocycles. The van der Waals surface area contributed by atoms with Crippen LogP contribution in [0, 0.1) is 5.92 Å². The molecule has 0 aromatic rings. The van der Waals surface area contributed by atoms with Gasteiger partial charge >= 0.3 is 27.6 Å². The number of hydrogen-bond donors (Lipinski definition) is 4. The fourth-order valence-corrected chi connectivity index (χ4v) is 6.52. The Balaban J connectivity index is 4.75. The fourth-order valence-electron chi connectivity index (χ4n) is 5.37. The Kier molecular flexibility index (Phi) is 35.2. The normalized spacial score (nSPS) is 14.6. The van der Waals surface area contributed by atoms with Crippen molar-refractivity contribution in [2.45, 2.75) is 168 Å². The van der Waals surface area contributed by atoms with Gasteiger partial charge < -0.3 is 29.3 Å². The minimum atomic E-state index is -4.89. The summed E-state index contributed by atoms with van der Waals surface area (Å²) in [6.07, 6.45) is 31.3. The van der Waals surface area contributed by atoms with E-state index in [1.165, 1.54) is 70.3 Å². The van der Waals surface area contributed by atoms with E-state index in [1.54, 1.807) is 12.2 Å². The third-order valence-corrected chi connectivity index (χ3v) is 10.1. The van der Waals surface area contributed by atoms with Crippen molar-refractivity contribution in [1.29, 1.82) is 0 Å². The van der Waals surface area contributed by atoms with E-state index >= 15 is 0 Å². The number of hydrogen-bond acceptors (Lipinski definition) is 11. The Morgan fingerprint density at radius 2 is 1.17 bits per heavy atom. The summed E-state index contributed by atoms with van der Waals surface area (Å²) >= 11 is 0. The van der Waals surface area contributed by atoms with Gasteiger partial charge in [0.1, 0.15) is 12.7 Å². The van der Waals surface area contributed by atoms with E-state index in [-0.39, 0.29) is 31.5 Å². The van der Waals surface area contributed by atoms with Gasteiger partial charge in [-0.1, -0.05) is 140 Å². The third-order valence-electron chi connectivity index (χ3n) is 8.61. The number of allylic oxidation sites excluding steroid dienone is 8. The molecule has 0 aliphatic rings. The Morgan fingerprint density at radius 3 is 1.81 bits per heavy atom. The summed E-state index contributed by atoms with van der Waals surface area (Å²) in [5, 5.41) is 9.73. The number of ketones is 1. The van der Waals surface area contributed by atoms with Crippen molar-refractivity contribution in [3.63, 3.8) is 0 Å². The SMILES string of the molecule is CCCCC/C=C\C/C=C\C/C=C\C=C\C(=O)CCCC(=O)O[C@H](COC(=O)CCCCCCCCCCCCC(C)C)COP(=O)(O)OC[C@@H](O)COP(=O)(O)O. The van der Waals surface area contributed by atoms with Crippen LogP contribution in [0.5, 0.6) is 0 Å². The number of ether oxygens (including phenoxy) is 2. The van der Waals surface area contributed by atoms with Crippen LogP contribution in [-0.2, 0) is 46.6 Å². The van der Waals surface area contributed by atoms with Gasteiger partial charge in [0.25, 0.3) is 0 Å². The summed E-state index contributed by atoms with van der Waals surface area (Å²) in [6, 6.07) is 0. The monoisotopic (exact) mass is 864 g/mol. The smallest absolute Gasteiger partial charge is 0.462 e. The number of aliphatic hydroxyl groups is 1. The molecule has 16 heteroatoms. The zero-order valence-corrected chi connectivity index (χ0v) is 37.1. The number of carbonyl (C=O) groups is 3. The number of rotatable bonds is 39. The van der Waals surface area contributed by atoms with Gasteiger partial charge in [-0.15, -0.1) is 0 Å². The highest BCUT2D eigenvalue weighted by Crippen LogP contribution is 2.43. The first-order valence-corrected chi connectivity index (χ1v) is 24.2. The predicted octanol–water partition coefficient (Wildman–Crippen LogP) is 9.71. The van der Waals surface area contributed by atoms with E-state index in [0.29, 0.717) is 6.42 Å². The largest absolute Gasteiger partial charge is 0.472 e. The fraction of sp³-hybridized carbons (Fsp3) is 0.738. The molecular formula is C42H74O14P2. The topological polar surface area (TPSA) is 212 Å². The molecule has 4 N–H and O–H groups in total. The van der Waals surface area contributed by atoms with E-state index in [0.717, 1.165) is 44.4 Å². The minimum absolute atomic E-state index is 0.0757. The Hall–Kier alpha value is -2.25. The Morgan fingerprint density at radius 1 is 0.603 bits per heavy atom. The highest BCUT2D eigenvalue weighted by atomic mass is 31.2. The number of carbonyl (C=O) groups excluding carboxylic acids is 3. The first kappa shape index (κ1) is 55.8. The molecule has 336 valence electrons. The van der Waals surface area contributed by atoms with Crippen LogP contribution < -0.4 is 0 Å². The quantitative estimate of drug-likeness (QED) is 0.0113. The van der Waals surface area contributed by atoms with Gasteiger partial charge in [-0.3, -0.25) is 28.0 Å². The molecule has 0 fully saturated rings. The Bertz CT molecular complexity index is 1290.